The van der Waals surface area contributed by atoms with Crippen molar-refractivity contribution in [3.63, 3.8) is 0 Å². The molecule has 4 atom stereocenters. The van der Waals surface area contributed by atoms with E-state index in [1.165, 1.54) is 13.0 Å². The van der Waals surface area contributed by atoms with Crippen LogP contribution < -0.4 is 10.1 Å². The zero-order valence-electron chi connectivity index (χ0n) is 17.7. The Labute approximate surface area is 191 Å². The number of amides is 2. The highest BCUT2D eigenvalue weighted by atomic mass is 19.4. The number of fused-ring (bicyclic) bond motifs is 3. The molecule has 10 heteroatoms. The average Bonchev–Trinajstić information content (AvgIpc) is 3.05. The zero-order valence-corrected chi connectivity index (χ0v) is 17.7. The first-order valence-corrected chi connectivity index (χ1v) is 10.6. The van der Waals surface area contributed by atoms with Crippen molar-refractivity contribution >= 4 is 23.4 Å². The molecule has 1 fully saturated rings. The summed E-state index contributed by atoms with van der Waals surface area (Å²) in [6.45, 7) is 1.46. The van der Waals surface area contributed by atoms with Crippen molar-refractivity contribution in [1.82, 2.24) is 5.32 Å². The number of phenols is 1. The highest BCUT2D eigenvalue weighted by molar-refractivity contribution is 6.23. The third-order valence-electron chi connectivity index (χ3n) is 6.95. The van der Waals surface area contributed by atoms with Gasteiger partial charge in [0.1, 0.15) is 11.5 Å². The summed E-state index contributed by atoms with van der Waals surface area (Å²) in [5.41, 5.74) is 0.828. The molecule has 1 saturated heterocycles. The molecule has 4 aliphatic rings. The second-order valence-electron chi connectivity index (χ2n) is 8.85. The minimum Gasteiger partial charge on any atom is -0.508 e. The van der Waals surface area contributed by atoms with E-state index in [1.807, 2.05) is 0 Å². The summed E-state index contributed by atoms with van der Waals surface area (Å²) < 4.78 is 42.6. The molecule has 7 nitrogen and oxygen atoms in total. The second-order valence-corrected chi connectivity index (χ2v) is 8.85. The van der Waals surface area contributed by atoms with Gasteiger partial charge in [0.05, 0.1) is 11.8 Å². The van der Waals surface area contributed by atoms with Crippen LogP contribution in [0.25, 0.3) is 0 Å². The maximum Gasteiger partial charge on any atom is 0.573 e. The van der Waals surface area contributed by atoms with Crippen LogP contribution in [0.4, 0.5) is 13.2 Å². The Hall–Kier alpha value is -3.69. The number of aromatic hydroxyl groups is 1. The Morgan fingerprint density at radius 2 is 1.82 bits per heavy atom. The largest absolute Gasteiger partial charge is 0.573 e. The van der Waals surface area contributed by atoms with Crippen molar-refractivity contribution < 1.29 is 42.2 Å². The van der Waals surface area contributed by atoms with Crippen LogP contribution in [0.2, 0.25) is 0 Å². The van der Waals surface area contributed by atoms with Crippen LogP contribution >= 0.6 is 0 Å². The van der Waals surface area contributed by atoms with E-state index < -0.39 is 64.9 Å². The molecule has 3 aliphatic carbocycles. The van der Waals surface area contributed by atoms with Crippen LogP contribution in [0.3, 0.4) is 0 Å². The van der Waals surface area contributed by atoms with E-state index in [1.54, 1.807) is 6.08 Å². The highest BCUT2D eigenvalue weighted by Crippen LogP contribution is 2.55. The molecule has 0 aromatic heterocycles. The molecule has 176 valence electrons. The molecule has 1 aromatic rings. The molecule has 0 radical (unpaired) electrons. The zero-order chi connectivity index (χ0) is 24.5. The van der Waals surface area contributed by atoms with E-state index in [0.717, 1.165) is 18.2 Å². The number of ether oxygens (including phenoxy) is 1. The van der Waals surface area contributed by atoms with E-state index in [9.17, 15) is 37.5 Å². The lowest BCUT2D eigenvalue weighted by atomic mass is 9.59. The van der Waals surface area contributed by atoms with Crippen LogP contribution in [0.1, 0.15) is 31.2 Å². The van der Waals surface area contributed by atoms with Crippen molar-refractivity contribution in [2.24, 2.45) is 17.8 Å². The first-order chi connectivity index (χ1) is 16.0. The topological polar surface area (TPSA) is 110 Å². The van der Waals surface area contributed by atoms with Crippen LogP contribution in [0.15, 0.2) is 52.6 Å². The van der Waals surface area contributed by atoms with Crippen molar-refractivity contribution in [1.29, 1.82) is 0 Å². The number of imide groups is 1. The van der Waals surface area contributed by atoms with Crippen LogP contribution in [-0.4, -0.2) is 34.8 Å². The molecule has 34 heavy (non-hydrogen) atoms. The number of allylic oxidation sites excluding steroid dienone is 6. The average molecular weight is 473 g/mol. The summed E-state index contributed by atoms with van der Waals surface area (Å²) in [6, 6.07) is 2.95. The number of ketones is 2. The van der Waals surface area contributed by atoms with E-state index in [2.05, 4.69) is 10.1 Å². The predicted molar refractivity (Wildman–Crippen MR) is 109 cm³/mol. The van der Waals surface area contributed by atoms with Gasteiger partial charge in [-0.25, -0.2) is 0 Å². The maximum atomic E-state index is 13.2. The summed E-state index contributed by atoms with van der Waals surface area (Å²) in [5.74, 6) is -5.94. The van der Waals surface area contributed by atoms with Gasteiger partial charge < -0.3 is 9.84 Å². The quantitative estimate of drug-likeness (QED) is 0.388. The maximum absolute atomic E-state index is 13.2. The van der Waals surface area contributed by atoms with Gasteiger partial charge in [0, 0.05) is 28.2 Å². The molecule has 0 bridgehead atoms. The molecule has 0 unspecified atom stereocenters. The Morgan fingerprint density at radius 3 is 2.53 bits per heavy atom. The number of nitrogens with one attached hydrogen (secondary N) is 1. The number of carbonyl (C=O) groups is 4. The summed E-state index contributed by atoms with van der Waals surface area (Å²) in [5, 5.41) is 12.9. The molecule has 1 heterocycles. The Balaban J connectivity index is 1.71. The molecule has 1 aliphatic heterocycles. The molecule has 0 spiro atoms. The third-order valence-corrected chi connectivity index (χ3v) is 6.95. The van der Waals surface area contributed by atoms with Gasteiger partial charge in [-0.2, -0.15) is 0 Å². The molecule has 1 aromatic carbocycles. The third kappa shape index (κ3) is 3.36. The molecular weight excluding hydrogens is 455 g/mol. The smallest absolute Gasteiger partial charge is 0.508 e. The number of rotatable bonds is 2. The normalized spacial score (nSPS) is 28.6. The van der Waals surface area contributed by atoms with E-state index in [0.29, 0.717) is 5.57 Å². The van der Waals surface area contributed by atoms with Gasteiger partial charge >= 0.3 is 6.36 Å². The van der Waals surface area contributed by atoms with Gasteiger partial charge in [0.15, 0.2) is 11.6 Å². The monoisotopic (exact) mass is 473 g/mol. The summed E-state index contributed by atoms with van der Waals surface area (Å²) in [7, 11) is 0. The Kier molecular flexibility index (Phi) is 4.82. The number of alkyl halides is 3. The van der Waals surface area contributed by atoms with Crippen molar-refractivity contribution in [2.45, 2.75) is 32.0 Å². The molecule has 2 amide bonds. The van der Waals surface area contributed by atoms with Gasteiger partial charge in [-0.05, 0) is 50.0 Å². The first-order valence-electron chi connectivity index (χ1n) is 10.6. The number of benzene rings is 1. The van der Waals surface area contributed by atoms with E-state index in [-0.39, 0.29) is 35.1 Å². The predicted octanol–water partition coefficient (Wildman–Crippen LogP) is 3.01. The van der Waals surface area contributed by atoms with Gasteiger partial charge in [-0.3, -0.25) is 24.5 Å². The fourth-order valence-corrected chi connectivity index (χ4v) is 5.59. The summed E-state index contributed by atoms with van der Waals surface area (Å²) in [6.07, 6.45) is -1.88. The van der Waals surface area contributed by atoms with Gasteiger partial charge in [-0.15, -0.1) is 13.2 Å². The van der Waals surface area contributed by atoms with Gasteiger partial charge in [0.25, 0.3) is 0 Å². The van der Waals surface area contributed by atoms with Crippen molar-refractivity contribution in [2.75, 3.05) is 0 Å². The second kappa shape index (κ2) is 7.41. The number of phenolic OH excluding ortho intramolecular Hbond substituents is 1. The van der Waals surface area contributed by atoms with E-state index >= 15 is 0 Å². The van der Waals surface area contributed by atoms with Crippen molar-refractivity contribution in [3.8, 4) is 11.5 Å². The lowest BCUT2D eigenvalue weighted by molar-refractivity contribution is -0.274. The number of carbonyl (C=O) groups excluding carboxylic acids is 4. The molecule has 0 saturated carbocycles. The number of Topliss-reactive ketones (excluding diaryl/α,β-unsaturated/α-hetero) is 1. The van der Waals surface area contributed by atoms with Crippen LogP contribution in [0.5, 0.6) is 11.5 Å². The molecular formula is C24H18F3NO6. The van der Waals surface area contributed by atoms with Gasteiger partial charge in [-0.1, -0.05) is 11.6 Å². The number of hydrogen-bond donors (Lipinski definition) is 2. The first kappa shape index (κ1) is 22.1. The van der Waals surface area contributed by atoms with Gasteiger partial charge in [0.2, 0.25) is 11.8 Å². The summed E-state index contributed by atoms with van der Waals surface area (Å²) in [4.78, 5) is 51.0. The SMILES string of the molecule is CC1=CC(=O)C2=C(C1=O)[C@@H](c1cc(OC(F)(F)F)ccc1O)C1=CC[C@@H]3C(=O)NC(=O)[C@@H]3[C@@H]1C2. The highest BCUT2D eigenvalue weighted by Gasteiger charge is 2.53. The Morgan fingerprint density at radius 1 is 1.09 bits per heavy atom. The fraction of sp³-hybridized carbons (Fsp3) is 0.333. The lowest BCUT2D eigenvalue weighted by Gasteiger charge is -2.42. The van der Waals surface area contributed by atoms with E-state index in [4.69, 9.17) is 0 Å². The fourth-order valence-electron chi connectivity index (χ4n) is 5.59. The summed E-state index contributed by atoms with van der Waals surface area (Å²) >= 11 is 0. The van der Waals surface area contributed by atoms with Crippen LogP contribution in [-0.2, 0) is 19.2 Å². The standard InChI is InChI=1S/C24H18F3NO6/c1-9-6-17(30)15-8-13-11(3-4-12-19(13)23(33)28-22(12)32)18(20(15)21(9)31)14-7-10(2-5-16(14)29)34-24(25,26)27/h2-3,5-7,12-13,18-19,29H,4,8H2,1H3,(H,28,32,33)/t12-,13+,18+,19-/m0/s1. The minimum absolute atomic E-state index is 0.0351. The Bertz CT molecular complexity index is 1270. The minimum atomic E-state index is -4.98. The van der Waals surface area contributed by atoms with Crippen molar-refractivity contribution in [3.05, 3.63) is 58.2 Å². The van der Waals surface area contributed by atoms with Crippen LogP contribution in [0, 0.1) is 17.8 Å². The number of halogens is 3. The number of hydrogen-bond acceptors (Lipinski definition) is 6. The molecule has 2 N–H and O–H groups in total. The molecule has 5 rings (SSSR count). The lowest BCUT2D eigenvalue weighted by Crippen LogP contribution is -2.39.